The van der Waals surface area contributed by atoms with Crippen molar-refractivity contribution in [2.75, 3.05) is 5.32 Å². The molecule has 5 heteroatoms. The van der Waals surface area contributed by atoms with Gasteiger partial charge in [-0.25, -0.2) is 9.18 Å². The number of anilines is 1. The standard InChI is InChI=1S/C12H14ClFN2O/c1-3-8(2)7-15-12(17)16-9-4-5-11(14)10(13)6-9/h4-7H,3H2,1-2H3,(H2,15,16,17)/b8-7+. The minimum absolute atomic E-state index is 0.0249. The van der Waals surface area contributed by atoms with Crippen molar-refractivity contribution in [1.29, 1.82) is 0 Å². The number of nitrogens with one attached hydrogen (secondary N) is 2. The lowest BCUT2D eigenvalue weighted by Gasteiger charge is -2.06. The van der Waals surface area contributed by atoms with Gasteiger partial charge in [-0.1, -0.05) is 24.1 Å². The largest absolute Gasteiger partial charge is 0.323 e. The minimum Gasteiger partial charge on any atom is -0.314 e. The van der Waals surface area contributed by atoms with E-state index in [0.29, 0.717) is 5.69 Å². The van der Waals surface area contributed by atoms with Gasteiger partial charge in [0, 0.05) is 11.9 Å². The van der Waals surface area contributed by atoms with Crippen LogP contribution < -0.4 is 10.6 Å². The molecule has 0 bridgehead atoms. The molecule has 0 radical (unpaired) electrons. The Morgan fingerprint density at radius 2 is 2.24 bits per heavy atom. The Balaban J connectivity index is 2.59. The zero-order valence-electron chi connectivity index (χ0n) is 9.68. The number of amides is 2. The van der Waals surface area contributed by atoms with E-state index in [1.807, 2.05) is 13.8 Å². The highest BCUT2D eigenvalue weighted by molar-refractivity contribution is 6.31. The topological polar surface area (TPSA) is 41.1 Å². The Kier molecular flexibility index (Phi) is 4.97. The van der Waals surface area contributed by atoms with E-state index in [-0.39, 0.29) is 11.1 Å². The van der Waals surface area contributed by atoms with Crippen LogP contribution in [-0.4, -0.2) is 6.03 Å². The van der Waals surface area contributed by atoms with Gasteiger partial charge in [-0.3, -0.25) is 0 Å². The van der Waals surface area contributed by atoms with Crippen LogP contribution in [0.1, 0.15) is 20.3 Å². The number of hydrogen-bond donors (Lipinski definition) is 2. The van der Waals surface area contributed by atoms with Crippen LogP contribution in [0.3, 0.4) is 0 Å². The van der Waals surface area contributed by atoms with Gasteiger partial charge in [-0.05, 0) is 31.5 Å². The van der Waals surface area contributed by atoms with Gasteiger partial charge in [0.25, 0.3) is 0 Å². The van der Waals surface area contributed by atoms with Crippen molar-refractivity contribution in [3.05, 3.63) is 40.8 Å². The fourth-order valence-corrected chi connectivity index (χ4v) is 1.21. The summed E-state index contributed by atoms with van der Waals surface area (Å²) < 4.78 is 12.9. The van der Waals surface area contributed by atoms with Crippen LogP contribution >= 0.6 is 11.6 Å². The Morgan fingerprint density at radius 1 is 1.53 bits per heavy atom. The lowest BCUT2D eigenvalue weighted by Crippen LogP contribution is -2.24. The summed E-state index contributed by atoms with van der Waals surface area (Å²) in [5.41, 5.74) is 1.49. The second kappa shape index (κ2) is 6.25. The average molecular weight is 257 g/mol. The Morgan fingerprint density at radius 3 is 2.82 bits per heavy atom. The molecule has 0 atom stereocenters. The van der Waals surface area contributed by atoms with Crippen molar-refractivity contribution in [2.24, 2.45) is 0 Å². The number of hydrogen-bond acceptors (Lipinski definition) is 1. The second-order valence-corrected chi connectivity index (χ2v) is 3.98. The van der Waals surface area contributed by atoms with Gasteiger partial charge in [0.15, 0.2) is 0 Å². The monoisotopic (exact) mass is 256 g/mol. The molecule has 0 aromatic heterocycles. The van der Waals surface area contributed by atoms with E-state index in [0.717, 1.165) is 12.0 Å². The molecule has 1 rings (SSSR count). The molecule has 0 saturated heterocycles. The first-order valence-electron chi connectivity index (χ1n) is 5.21. The van der Waals surface area contributed by atoms with Crippen LogP contribution in [0, 0.1) is 5.82 Å². The third-order valence-corrected chi connectivity index (χ3v) is 2.47. The highest BCUT2D eigenvalue weighted by Crippen LogP contribution is 2.19. The molecule has 0 aliphatic rings. The molecule has 2 N–H and O–H groups in total. The van der Waals surface area contributed by atoms with E-state index in [9.17, 15) is 9.18 Å². The van der Waals surface area contributed by atoms with Crippen LogP contribution in [0.5, 0.6) is 0 Å². The summed E-state index contributed by atoms with van der Waals surface area (Å²) in [5.74, 6) is -0.514. The number of halogens is 2. The summed E-state index contributed by atoms with van der Waals surface area (Å²) in [6.07, 6.45) is 2.49. The van der Waals surface area contributed by atoms with Gasteiger partial charge < -0.3 is 10.6 Å². The maximum Gasteiger partial charge on any atom is 0.323 e. The lowest BCUT2D eigenvalue weighted by atomic mass is 10.3. The molecule has 0 heterocycles. The highest BCUT2D eigenvalue weighted by Gasteiger charge is 2.03. The van der Waals surface area contributed by atoms with Crippen LogP contribution in [-0.2, 0) is 0 Å². The van der Waals surface area contributed by atoms with E-state index in [4.69, 9.17) is 11.6 Å². The predicted octanol–water partition coefficient (Wildman–Crippen LogP) is 3.91. The smallest absolute Gasteiger partial charge is 0.314 e. The fraction of sp³-hybridized carbons (Fsp3) is 0.250. The van der Waals surface area contributed by atoms with Crippen molar-refractivity contribution in [3.63, 3.8) is 0 Å². The first-order chi connectivity index (χ1) is 8.02. The second-order valence-electron chi connectivity index (χ2n) is 3.57. The molecule has 1 aromatic carbocycles. The van der Waals surface area contributed by atoms with E-state index in [1.54, 1.807) is 6.20 Å². The number of allylic oxidation sites excluding steroid dienone is 1. The van der Waals surface area contributed by atoms with Gasteiger partial charge in [0.05, 0.1) is 5.02 Å². The van der Waals surface area contributed by atoms with Crippen molar-refractivity contribution < 1.29 is 9.18 Å². The van der Waals surface area contributed by atoms with Gasteiger partial charge >= 0.3 is 6.03 Å². The summed E-state index contributed by atoms with van der Waals surface area (Å²) in [6.45, 7) is 3.90. The van der Waals surface area contributed by atoms with Gasteiger partial charge in [-0.15, -0.1) is 0 Å². The van der Waals surface area contributed by atoms with Crippen LogP contribution in [0.4, 0.5) is 14.9 Å². The summed E-state index contributed by atoms with van der Waals surface area (Å²) in [6, 6.07) is 3.61. The maximum atomic E-state index is 12.9. The van der Waals surface area contributed by atoms with Crippen LogP contribution in [0.25, 0.3) is 0 Å². The van der Waals surface area contributed by atoms with E-state index in [1.165, 1.54) is 18.2 Å². The zero-order valence-corrected chi connectivity index (χ0v) is 10.4. The lowest BCUT2D eigenvalue weighted by molar-refractivity contribution is 0.255. The number of carbonyl (C=O) groups is 1. The number of urea groups is 1. The summed E-state index contributed by atoms with van der Waals surface area (Å²) >= 11 is 5.59. The van der Waals surface area contributed by atoms with Crippen molar-refractivity contribution in [1.82, 2.24) is 5.32 Å². The quantitative estimate of drug-likeness (QED) is 0.846. The SMILES string of the molecule is CC/C(C)=C/NC(=O)Nc1ccc(F)c(Cl)c1. The van der Waals surface area contributed by atoms with Crippen molar-refractivity contribution in [2.45, 2.75) is 20.3 Å². The highest BCUT2D eigenvalue weighted by atomic mass is 35.5. The van der Waals surface area contributed by atoms with Crippen LogP contribution in [0.2, 0.25) is 5.02 Å². The van der Waals surface area contributed by atoms with Gasteiger partial charge in [-0.2, -0.15) is 0 Å². The molecular formula is C12H14ClFN2O. The zero-order chi connectivity index (χ0) is 12.8. The molecule has 0 saturated carbocycles. The molecule has 0 spiro atoms. The molecular weight excluding hydrogens is 243 g/mol. The van der Waals surface area contributed by atoms with Gasteiger partial charge in [0.2, 0.25) is 0 Å². The normalized spacial score (nSPS) is 11.2. The van der Waals surface area contributed by atoms with E-state index < -0.39 is 5.82 Å². The third kappa shape index (κ3) is 4.44. The molecule has 1 aromatic rings. The Hall–Kier alpha value is -1.55. The summed E-state index contributed by atoms with van der Waals surface area (Å²) in [5, 5.41) is 5.09. The molecule has 0 fully saturated rings. The molecule has 0 aliphatic heterocycles. The minimum atomic E-state index is -0.514. The molecule has 17 heavy (non-hydrogen) atoms. The summed E-state index contributed by atoms with van der Waals surface area (Å²) in [4.78, 5) is 11.4. The number of carbonyl (C=O) groups excluding carboxylic acids is 1. The molecule has 0 unspecified atom stereocenters. The molecule has 0 aliphatic carbocycles. The predicted molar refractivity (Wildman–Crippen MR) is 67.6 cm³/mol. The fourth-order valence-electron chi connectivity index (χ4n) is 1.03. The maximum absolute atomic E-state index is 12.9. The Bertz CT molecular complexity index is 446. The molecule has 3 nitrogen and oxygen atoms in total. The van der Waals surface area contributed by atoms with E-state index in [2.05, 4.69) is 10.6 Å². The van der Waals surface area contributed by atoms with Gasteiger partial charge in [0.1, 0.15) is 5.82 Å². The Labute approximate surface area is 105 Å². The summed E-state index contributed by atoms with van der Waals surface area (Å²) in [7, 11) is 0. The van der Waals surface area contributed by atoms with Crippen molar-refractivity contribution in [3.8, 4) is 0 Å². The first-order valence-corrected chi connectivity index (χ1v) is 5.59. The molecule has 92 valence electrons. The van der Waals surface area contributed by atoms with E-state index >= 15 is 0 Å². The number of benzene rings is 1. The third-order valence-electron chi connectivity index (χ3n) is 2.18. The van der Waals surface area contributed by atoms with Crippen LogP contribution in [0.15, 0.2) is 30.0 Å². The number of rotatable bonds is 3. The first kappa shape index (κ1) is 13.5. The molecule has 2 amide bonds. The average Bonchev–Trinajstić information content (AvgIpc) is 2.31. The van der Waals surface area contributed by atoms with Crippen molar-refractivity contribution >= 4 is 23.3 Å².